The molecule has 0 spiro atoms. The monoisotopic (exact) mass is 361 g/mol. The molecule has 4 heteroatoms. The molecule has 3 aromatic rings. The number of anilines is 1. The number of aryl methyl sites for hydroxylation is 2. The smallest absolute Gasteiger partial charge is 0.255 e. The highest BCUT2D eigenvalue weighted by Crippen LogP contribution is 2.34. The lowest BCUT2D eigenvalue weighted by molar-refractivity contribution is 0.102. The van der Waals surface area contributed by atoms with Gasteiger partial charge in [0.05, 0.1) is 0 Å². The highest BCUT2D eigenvalue weighted by molar-refractivity contribution is 6.05. The summed E-state index contributed by atoms with van der Waals surface area (Å²) in [5.74, 6) is 0.526. The number of carbonyl (C=O) groups excluding carboxylic acids is 1. The van der Waals surface area contributed by atoms with Gasteiger partial charge in [0.25, 0.3) is 5.91 Å². The average Bonchev–Trinajstić information content (AvgIpc) is 3.05. The molecule has 0 unspecified atom stereocenters. The summed E-state index contributed by atoms with van der Waals surface area (Å²) >= 11 is 0. The Morgan fingerprint density at radius 2 is 1.78 bits per heavy atom. The van der Waals surface area contributed by atoms with E-state index in [9.17, 15) is 4.79 Å². The van der Waals surface area contributed by atoms with Crippen molar-refractivity contribution >= 4 is 22.5 Å². The Labute approximate surface area is 160 Å². The molecule has 0 bridgehead atoms. The molecule has 0 aliphatic carbocycles. The minimum absolute atomic E-state index is 0.0578. The molecule has 2 N–H and O–H groups in total. The van der Waals surface area contributed by atoms with Crippen LogP contribution in [-0.2, 0) is 0 Å². The number of likely N-dealkylation sites (tertiary alicyclic amines) is 1. The van der Waals surface area contributed by atoms with Crippen molar-refractivity contribution in [3.05, 3.63) is 64.8 Å². The molecule has 0 radical (unpaired) electrons. The lowest BCUT2D eigenvalue weighted by atomic mass is 9.89. The van der Waals surface area contributed by atoms with Gasteiger partial charge in [-0.25, -0.2) is 0 Å². The van der Waals surface area contributed by atoms with Crippen LogP contribution in [0.3, 0.4) is 0 Å². The van der Waals surface area contributed by atoms with Crippen LogP contribution >= 0.6 is 0 Å². The van der Waals surface area contributed by atoms with Crippen LogP contribution in [-0.4, -0.2) is 35.9 Å². The van der Waals surface area contributed by atoms with E-state index in [0.29, 0.717) is 11.5 Å². The number of rotatable bonds is 3. The van der Waals surface area contributed by atoms with Gasteiger partial charge >= 0.3 is 0 Å². The van der Waals surface area contributed by atoms with E-state index in [-0.39, 0.29) is 5.91 Å². The van der Waals surface area contributed by atoms with Crippen molar-refractivity contribution in [1.29, 1.82) is 0 Å². The van der Waals surface area contributed by atoms with Crippen molar-refractivity contribution in [3.63, 3.8) is 0 Å². The number of aromatic amines is 1. The summed E-state index contributed by atoms with van der Waals surface area (Å²) in [4.78, 5) is 18.5. The molecular weight excluding hydrogens is 334 g/mol. The molecule has 1 aliphatic rings. The standard InChI is InChI=1S/C23H27N3O/c1-15-10-16(2)12-18(11-15)23(27)25-19-4-5-22-20(13-19)21(14-24-22)17-6-8-26(3)9-7-17/h4-5,10-14,17,24H,6-9H2,1-3H3,(H,25,27). The molecule has 0 saturated carbocycles. The molecular formula is C23H27N3O. The first-order valence-corrected chi connectivity index (χ1v) is 9.69. The molecule has 0 atom stereocenters. The Bertz CT molecular complexity index is 960. The van der Waals surface area contributed by atoms with E-state index in [1.807, 2.05) is 32.0 Å². The summed E-state index contributed by atoms with van der Waals surface area (Å²) in [5, 5.41) is 4.30. The quantitative estimate of drug-likeness (QED) is 0.701. The summed E-state index contributed by atoms with van der Waals surface area (Å²) in [5.41, 5.74) is 6.27. The Morgan fingerprint density at radius 1 is 1.07 bits per heavy atom. The van der Waals surface area contributed by atoms with Gasteiger partial charge in [-0.3, -0.25) is 4.79 Å². The molecule has 2 aromatic carbocycles. The number of aromatic nitrogens is 1. The third-order valence-corrected chi connectivity index (χ3v) is 5.61. The Hall–Kier alpha value is -2.59. The Morgan fingerprint density at radius 3 is 2.48 bits per heavy atom. The number of fused-ring (bicyclic) bond motifs is 1. The van der Waals surface area contributed by atoms with E-state index >= 15 is 0 Å². The maximum absolute atomic E-state index is 12.7. The second kappa shape index (κ2) is 7.20. The van der Waals surface area contributed by atoms with Crippen LogP contribution in [0.1, 0.15) is 45.8 Å². The number of amides is 1. The van der Waals surface area contributed by atoms with Gasteiger partial charge in [-0.05, 0) is 88.6 Å². The number of hydrogen-bond acceptors (Lipinski definition) is 2. The van der Waals surface area contributed by atoms with Crippen LogP contribution in [0, 0.1) is 13.8 Å². The summed E-state index contributed by atoms with van der Waals surface area (Å²) < 4.78 is 0. The van der Waals surface area contributed by atoms with Crippen LogP contribution in [0.5, 0.6) is 0 Å². The molecule has 4 nitrogen and oxygen atoms in total. The van der Waals surface area contributed by atoms with Gasteiger partial charge in [0.1, 0.15) is 0 Å². The normalized spacial score (nSPS) is 16.0. The van der Waals surface area contributed by atoms with Crippen molar-refractivity contribution in [2.24, 2.45) is 0 Å². The molecule has 1 aromatic heterocycles. The van der Waals surface area contributed by atoms with Gasteiger partial charge in [-0.15, -0.1) is 0 Å². The predicted molar refractivity (Wildman–Crippen MR) is 112 cm³/mol. The first-order valence-electron chi connectivity index (χ1n) is 9.69. The van der Waals surface area contributed by atoms with Gasteiger partial charge in [0.15, 0.2) is 0 Å². The second-order valence-electron chi connectivity index (χ2n) is 7.91. The number of nitrogens with zero attached hydrogens (tertiary/aromatic N) is 1. The van der Waals surface area contributed by atoms with Crippen LogP contribution in [0.25, 0.3) is 10.9 Å². The third-order valence-electron chi connectivity index (χ3n) is 5.61. The maximum atomic E-state index is 12.7. The zero-order valence-electron chi connectivity index (χ0n) is 16.3. The summed E-state index contributed by atoms with van der Waals surface area (Å²) in [6.45, 7) is 6.31. The number of carbonyl (C=O) groups is 1. The van der Waals surface area contributed by atoms with Gasteiger partial charge in [0.2, 0.25) is 0 Å². The number of piperidine rings is 1. The van der Waals surface area contributed by atoms with E-state index in [1.54, 1.807) is 0 Å². The van der Waals surface area contributed by atoms with Gasteiger partial charge in [0, 0.05) is 28.4 Å². The van der Waals surface area contributed by atoms with Gasteiger partial charge in [-0.2, -0.15) is 0 Å². The highest BCUT2D eigenvalue weighted by Gasteiger charge is 2.21. The number of nitrogens with one attached hydrogen (secondary N) is 2. The third kappa shape index (κ3) is 3.76. The zero-order chi connectivity index (χ0) is 19.0. The molecule has 1 aliphatic heterocycles. The first-order chi connectivity index (χ1) is 13.0. The van der Waals surface area contributed by atoms with Crippen LogP contribution in [0.2, 0.25) is 0 Å². The van der Waals surface area contributed by atoms with Gasteiger partial charge < -0.3 is 15.2 Å². The van der Waals surface area contributed by atoms with E-state index in [2.05, 4.69) is 46.6 Å². The lowest BCUT2D eigenvalue weighted by Gasteiger charge is -2.28. The molecule has 2 heterocycles. The highest BCUT2D eigenvalue weighted by atomic mass is 16.1. The maximum Gasteiger partial charge on any atom is 0.255 e. The largest absolute Gasteiger partial charge is 0.361 e. The van der Waals surface area contributed by atoms with Crippen molar-refractivity contribution in [2.45, 2.75) is 32.6 Å². The minimum Gasteiger partial charge on any atom is -0.361 e. The fraction of sp³-hybridized carbons (Fsp3) is 0.348. The fourth-order valence-corrected chi connectivity index (χ4v) is 4.19. The molecule has 1 amide bonds. The molecule has 1 saturated heterocycles. The average molecular weight is 361 g/mol. The number of H-pyrrole nitrogens is 1. The van der Waals surface area contributed by atoms with Crippen LogP contribution in [0.15, 0.2) is 42.6 Å². The number of hydrogen-bond donors (Lipinski definition) is 2. The fourth-order valence-electron chi connectivity index (χ4n) is 4.19. The van der Waals surface area contributed by atoms with E-state index in [4.69, 9.17) is 0 Å². The topological polar surface area (TPSA) is 48.1 Å². The summed E-state index contributed by atoms with van der Waals surface area (Å²) in [7, 11) is 2.19. The van der Waals surface area contributed by atoms with Crippen LogP contribution in [0.4, 0.5) is 5.69 Å². The SMILES string of the molecule is Cc1cc(C)cc(C(=O)Nc2ccc3[nH]cc(C4CCN(C)CC4)c3c2)c1. The molecule has 1 fully saturated rings. The van der Waals surface area contributed by atoms with Crippen LogP contribution < -0.4 is 5.32 Å². The first kappa shape index (κ1) is 17.8. The van der Waals surface area contributed by atoms with E-state index < -0.39 is 0 Å². The Balaban J connectivity index is 1.59. The van der Waals surface area contributed by atoms with E-state index in [1.165, 1.54) is 23.8 Å². The predicted octanol–water partition coefficient (Wildman–Crippen LogP) is 4.85. The van der Waals surface area contributed by atoms with Gasteiger partial charge in [-0.1, -0.05) is 17.2 Å². The minimum atomic E-state index is -0.0578. The molecule has 27 heavy (non-hydrogen) atoms. The molecule has 4 rings (SSSR count). The van der Waals surface area contributed by atoms with E-state index in [0.717, 1.165) is 35.4 Å². The van der Waals surface area contributed by atoms with Crippen molar-refractivity contribution in [1.82, 2.24) is 9.88 Å². The van der Waals surface area contributed by atoms with Crippen molar-refractivity contribution < 1.29 is 4.79 Å². The Kier molecular flexibility index (Phi) is 4.75. The molecule has 140 valence electrons. The van der Waals surface area contributed by atoms with Crippen molar-refractivity contribution in [3.8, 4) is 0 Å². The zero-order valence-corrected chi connectivity index (χ0v) is 16.3. The number of benzene rings is 2. The second-order valence-corrected chi connectivity index (χ2v) is 7.91. The lowest BCUT2D eigenvalue weighted by Crippen LogP contribution is -2.29. The summed E-state index contributed by atoms with van der Waals surface area (Å²) in [6.07, 6.45) is 4.52. The summed E-state index contributed by atoms with van der Waals surface area (Å²) in [6, 6.07) is 12.1. The van der Waals surface area contributed by atoms with Crippen molar-refractivity contribution in [2.75, 3.05) is 25.5 Å².